The summed E-state index contributed by atoms with van der Waals surface area (Å²) in [5, 5.41) is 7.62. The standard InChI is InChI=1S/C42H28/c1-3-12-29(13-4-1)30-22-24-33(25-23-30)42-38-20-10-9-19-37(38)41(32-15-5-2-6-16-32)39-27-26-34(28-40(39)42)36-21-11-17-31-14-7-8-18-35(31)36/h1-28H. The minimum absolute atomic E-state index is 1.23. The molecule has 0 radical (unpaired) electrons. The van der Waals surface area contributed by atoms with Crippen molar-refractivity contribution in [1.29, 1.82) is 0 Å². The Morgan fingerprint density at radius 1 is 0.238 bits per heavy atom. The Labute approximate surface area is 246 Å². The van der Waals surface area contributed by atoms with Crippen molar-refractivity contribution in [2.24, 2.45) is 0 Å². The molecule has 0 heterocycles. The van der Waals surface area contributed by atoms with E-state index in [4.69, 9.17) is 0 Å². The van der Waals surface area contributed by atoms with Gasteiger partial charge in [0.1, 0.15) is 0 Å². The normalized spacial score (nSPS) is 11.3. The summed E-state index contributed by atoms with van der Waals surface area (Å²) in [5.74, 6) is 0. The predicted molar refractivity (Wildman–Crippen MR) is 181 cm³/mol. The molecule has 0 fully saturated rings. The molecule has 0 aliphatic heterocycles. The molecule has 0 aliphatic rings. The highest BCUT2D eigenvalue weighted by Gasteiger charge is 2.18. The zero-order valence-electron chi connectivity index (χ0n) is 23.2. The molecule has 196 valence electrons. The van der Waals surface area contributed by atoms with E-state index in [1.54, 1.807) is 0 Å². The van der Waals surface area contributed by atoms with Gasteiger partial charge in [-0.3, -0.25) is 0 Å². The molecular weight excluding hydrogens is 504 g/mol. The number of rotatable bonds is 4. The van der Waals surface area contributed by atoms with E-state index in [9.17, 15) is 0 Å². The van der Waals surface area contributed by atoms with Gasteiger partial charge in [-0.25, -0.2) is 0 Å². The summed E-state index contributed by atoms with van der Waals surface area (Å²) in [4.78, 5) is 0. The third-order valence-electron chi connectivity index (χ3n) is 8.47. The van der Waals surface area contributed by atoms with Crippen molar-refractivity contribution in [3.63, 3.8) is 0 Å². The fourth-order valence-corrected chi connectivity index (χ4v) is 6.51. The lowest BCUT2D eigenvalue weighted by molar-refractivity contribution is 1.61. The minimum atomic E-state index is 1.23. The van der Waals surface area contributed by atoms with Gasteiger partial charge in [0.05, 0.1) is 0 Å². The molecule has 0 saturated carbocycles. The molecule has 0 bridgehead atoms. The van der Waals surface area contributed by atoms with Gasteiger partial charge in [-0.2, -0.15) is 0 Å². The van der Waals surface area contributed by atoms with Gasteiger partial charge in [-0.05, 0) is 82.9 Å². The Hall–Kier alpha value is -5.46. The van der Waals surface area contributed by atoms with E-state index in [1.807, 2.05) is 0 Å². The quantitative estimate of drug-likeness (QED) is 0.198. The van der Waals surface area contributed by atoms with Crippen LogP contribution in [0.15, 0.2) is 170 Å². The summed E-state index contributed by atoms with van der Waals surface area (Å²) in [6.07, 6.45) is 0. The molecule has 0 amide bonds. The maximum Gasteiger partial charge on any atom is -0.00261 e. The third kappa shape index (κ3) is 4.08. The van der Waals surface area contributed by atoms with Gasteiger partial charge < -0.3 is 0 Å². The van der Waals surface area contributed by atoms with Gasteiger partial charge in [0.25, 0.3) is 0 Å². The van der Waals surface area contributed by atoms with Gasteiger partial charge in [0, 0.05) is 0 Å². The highest BCUT2D eigenvalue weighted by atomic mass is 14.2. The molecule has 0 heteroatoms. The average molecular weight is 533 g/mol. The van der Waals surface area contributed by atoms with Gasteiger partial charge in [-0.1, -0.05) is 164 Å². The van der Waals surface area contributed by atoms with E-state index in [0.29, 0.717) is 0 Å². The topological polar surface area (TPSA) is 0 Å². The van der Waals surface area contributed by atoms with E-state index < -0.39 is 0 Å². The summed E-state index contributed by atoms with van der Waals surface area (Å²) in [6, 6.07) is 61.7. The fourth-order valence-electron chi connectivity index (χ4n) is 6.51. The van der Waals surface area contributed by atoms with Crippen molar-refractivity contribution >= 4 is 32.3 Å². The molecule has 0 nitrogen and oxygen atoms in total. The van der Waals surface area contributed by atoms with Gasteiger partial charge in [0.15, 0.2) is 0 Å². The maximum atomic E-state index is 2.41. The number of hydrogen-bond acceptors (Lipinski definition) is 0. The molecule has 0 aromatic heterocycles. The molecule has 8 aromatic rings. The van der Waals surface area contributed by atoms with Crippen LogP contribution in [0.3, 0.4) is 0 Å². The molecule has 0 N–H and O–H groups in total. The highest BCUT2D eigenvalue weighted by Crippen LogP contribution is 2.45. The lowest BCUT2D eigenvalue weighted by atomic mass is 9.84. The van der Waals surface area contributed by atoms with Crippen LogP contribution in [-0.2, 0) is 0 Å². The van der Waals surface area contributed by atoms with Crippen molar-refractivity contribution in [1.82, 2.24) is 0 Å². The van der Waals surface area contributed by atoms with E-state index in [1.165, 1.54) is 76.8 Å². The van der Waals surface area contributed by atoms with Crippen LogP contribution < -0.4 is 0 Å². The van der Waals surface area contributed by atoms with Crippen LogP contribution in [0.25, 0.3) is 76.8 Å². The smallest absolute Gasteiger partial charge is 0.00261 e. The molecule has 8 rings (SSSR count). The van der Waals surface area contributed by atoms with Crippen molar-refractivity contribution < 1.29 is 0 Å². The number of fused-ring (bicyclic) bond motifs is 3. The molecule has 8 aromatic carbocycles. The monoisotopic (exact) mass is 532 g/mol. The number of benzene rings is 8. The summed E-state index contributed by atoms with van der Waals surface area (Å²) < 4.78 is 0. The SMILES string of the molecule is c1ccc(-c2ccc(-c3c4ccccc4c(-c4ccccc4)c4ccc(-c5cccc6ccccc56)cc34)cc2)cc1. The summed E-state index contributed by atoms with van der Waals surface area (Å²) in [6.45, 7) is 0. The summed E-state index contributed by atoms with van der Waals surface area (Å²) >= 11 is 0. The maximum absolute atomic E-state index is 2.41. The highest BCUT2D eigenvalue weighted by molar-refractivity contribution is 6.22. The lowest BCUT2D eigenvalue weighted by Gasteiger charge is -2.19. The Kier molecular flexibility index (Phi) is 5.90. The molecular formula is C42H28. The van der Waals surface area contributed by atoms with E-state index in [-0.39, 0.29) is 0 Å². The second-order valence-electron chi connectivity index (χ2n) is 10.9. The Morgan fingerprint density at radius 3 is 1.40 bits per heavy atom. The van der Waals surface area contributed by atoms with Crippen LogP contribution in [-0.4, -0.2) is 0 Å². The summed E-state index contributed by atoms with van der Waals surface area (Å²) in [7, 11) is 0. The Morgan fingerprint density at radius 2 is 0.690 bits per heavy atom. The van der Waals surface area contributed by atoms with Crippen LogP contribution in [0.1, 0.15) is 0 Å². The molecule has 0 atom stereocenters. The van der Waals surface area contributed by atoms with Gasteiger partial charge in [0.2, 0.25) is 0 Å². The van der Waals surface area contributed by atoms with E-state index in [2.05, 4.69) is 170 Å². The van der Waals surface area contributed by atoms with Crippen molar-refractivity contribution in [3.05, 3.63) is 170 Å². The predicted octanol–water partition coefficient (Wildman–Crippen LogP) is 11.8. The van der Waals surface area contributed by atoms with Crippen LogP contribution >= 0.6 is 0 Å². The van der Waals surface area contributed by atoms with Crippen LogP contribution in [0.5, 0.6) is 0 Å². The van der Waals surface area contributed by atoms with Crippen molar-refractivity contribution in [2.75, 3.05) is 0 Å². The number of hydrogen-bond donors (Lipinski definition) is 0. The van der Waals surface area contributed by atoms with Gasteiger partial charge in [-0.15, -0.1) is 0 Å². The van der Waals surface area contributed by atoms with Crippen LogP contribution in [0.2, 0.25) is 0 Å². The molecule has 42 heavy (non-hydrogen) atoms. The molecule has 0 unspecified atom stereocenters. The largest absolute Gasteiger partial charge is 0.0622 e. The van der Waals surface area contributed by atoms with E-state index in [0.717, 1.165) is 0 Å². The first kappa shape index (κ1) is 24.3. The second kappa shape index (κ2) is 10.2. The van der Waals surface area contributed by atoms with Crippen LogP contribution in [0.4, 0.5) is 0 Å². The zero-order chi connectivity index (χ0) is 27.9. The van der Waals surface area contributed by atoms with Crippen LogP contribution in [0, 0.1) is 0 Å². The molecule has 0 saturated heterocycles. The third-order valence-corrected chi connectivity index (χ3v) is 8.47. The fraction of sp³-hybridized carbons (Fsp3) is 0. The lowest BCUT2D eigenvalue weighted by Crippen LogP contribution is -1.92. The average Bonchev–Trinajstić information content (AvgIpc) is 3.07. The molecule has 0 spiro atoms. The second-order valence-corrected chi connectivity index (χ2v) is 10.9. The Bertz CT molecular complexity index is 2200. The molecule has 0 aliphatic carbocycles. The first-order valence-electron chi connectivity index (χ1n) is 14.5. The van der Waals surface area contributed by atoms with E-state index >= 15 is 0 Å². The zero-order valence-corrected chi connectivity index (χ0v) is 23.2. The first-order valence-corrected chi connectivity index (χ1v) is 14.5. The van der Waals surface area contributed by atoms with Gasteiger partial charge >= 0.3 is 0 Å². The summed E-state index contributed by atoms with van der Waals surface area (Å²) in [5.41, 5.74) is 9.98. The first-order chi connectivity index (χ1) is 20.8. The minimum Gasteiger partial charge on any atom is -0.0622 e. The van der Waals surface area contributed by atoms with Crippen molar-refractivity contribution in [3.8, 4) is 44.5 Å². The van der Waals surface area contributed by atoms with Crippen molar-refractivity contribution in [2.45, 2.75) is 0 Å². The Balaban J connectivity index is 1.45.